The van der Waals surface area contributed by atoms with Gasteiger partial charge >= 0.3 is 0 Å². The van der Waals surface area contributed by atoms with Gasteiger partial charge in [-0.2, -0.15) is 0 Å². The van der Waals surface area contributed by atoms with Gasteiger partial charge in [0, 0.05) is 13.7 Å². The van der Waals surface area contributed by atoms with Gasteiger partial charge in [-0.25, -0.2) is 4.39 Å². The number of hydrogen-bond donors (Lipinski definition) is 0. The molecule has 0 saturated heterocycles. The number of alkyl halides is 1. The molecule has 0 fully saturated rings. The second-order valence-electron chi connectivity index (χ2n) is 4.15. The summed E-state index contributed by atoms with van der Waals surface area (Å²) in [6.45, 7) is 2.74. The molecule has 0 bridgehead atoms. The van der Waals surface area contributed by atoms with E-state index in [4.69, 9.17) is 16.3 Å². The normalized spacial score (nSPS) is 10.9. The van der Waals surface area contributed by atoms with Gasteiger partial charge in [0.15, 0.2) is 5.82 Å². The van der Waals surface area contributed by atoms with Crippen molar-refractivity contribution in [3.05, 3.63) is 35.4 Å². The molecule has 6 heteroatoms. The van der Waals surface area contributed by atoms with E-state index < -0.39 is 0 Å². The minimum Gasteiger partial charge on any atom is -0.383 e. The van der Waals surface area contributed by atoms with Crippen LogP contribution in [0.1, 0.15) is 11.4 Å². The van der Waals surface area contributed by atoms with E-state index in [1.807, 2.05) is 0 Å². The Hall–Kier alpha value is -1.46. The predicted molar refractivity (Wildman–Crippen MR) is 71.6 cm³/mol. The van der Waals surface area contributed by atoms with Gasteiger partial charge < -0.3 is 9.30 Å². The zero-order valence-corrected chi connectivity index (χ0v) is 11.6. The fourth-order valence-electron chi connectivity index (χ4n) is 1.87. The average Bonchev–Trinajstić information content (AvgIpc) is 2.82. The Bertz CT molecular complexity index is 571. The third-order valence-electron chi connectivity index (χ3n) is 2.90. The maximum Gasteiger partial charge on any atom is 0.167 e. The molecule has 0 aliphatic heterocycles. The molecule has 102 valence electrons. The Kier molecular flexibility index (Phi) is 4.50. The highest BCUT2D eigenvalue weighted by Crippen LogP contribution is 2.24. The van der Waals surface area contributed by atoms with Crippen LogP contribution in [0.3, 0.4) is 0 Å². The Balaban J connectivity index is 2.49. The highest BCUT2D eigenvalue weighted by Gasteiger charge is 2.17. The largest absolute Gasteiger partial charge is 0.383 e. The van der Waals surface area contributed by atoms with Crippen LogP contribution in [-0.4, -0.2) is 28.5 Å². The molecule has 0 atom stereocenters. The Morgan fingerprint density at radius 3 is 2.84 bits per heavy atom. The Morgan fingerprint density at radius 2 is 2.16 bits per heavy atom. The number of methoxy groups -OCH3 is 1. The molecule has 0 N–H and O–H groups in total. The molecule has 0 unspecified atom stereocenters. The van der Waals surface area contributed by atoms with Gasteiger partial charge in [-0.15, -0.1) is 21.8 Å². The molecule has 0 radical (unpaired) electrons. The number of aromatic nitrogens is 3. The number of hydrogen-bond acceptors (Lipinski definition) is 3. The molecule has 0 spiro atoms. The van der Waals surface area contributed by atoms with Crippen molar-refractivity contribution in [2.45, 2.75) is 19.3 Å². The molecule has 0 aliphatic carbocycles. The van der Waals surface area contributed by atoms with Gasteiger partial charge in [-0.1, -0.05) is 12.1 Å². The van der Waals surface area contributed by atoms with Crippen molar-refractivity contribution in [3.63, 3.8) is 0 Å². The van der Waals surface area contributed by atoms with Crippen LogP contribution in [0.15, 0.2) is 18.2 Å². The van der Waals surface area contributed by atoms with Crippen molar-refractivity contribution in [2.75, 3.05) is 13.7 Å². The summed E-state index contributed by atoms with van der Waals surface area (Å²) < 4.78 is 21.0. The van der Waals surface area contributed by atoms with E-state index in [2.05, 4.69) is 10.2 Å². The first kappa shape index (κ1) is 14.0. The maximum absolute atomic E-state index is 14.2. The monoisotopic (exact) mass is 283 g/mol. The number of ether oxygens (including phenoxy) is 1. The topological polar surface area (TPSA) is 39.9 Å². The maximum atomic E-state index is 14.2. The standard InChI is InChI=1S/C13H15ClFN3O/c1-9-4-3-5-10(12(9)15)13-17-16-11(8-14)18(13)6-7-19-2/h3-5H,6-8H2,1-2H3. The Morgan fingerprint density at radius 1 is 1.37 bits per heavy atom. The average molecular weight is 284 g/mol. The van der Waals surface area contributed by atoms with Crippen LogP contribution in [0.2, 0.25) is 0 Å². The lowest BCUT2D eigenvalue weighted by molar-refractivity contribution is 0.187. The summed E-state index contributed by atoms with van der Waals surface area (Å²) in [4.78, 5) is 0. The molecule has 2 rings (SSSR count). The molecule has 0 aliphatic rings. The minimum atomic E-state index is -0.283. The lowest BCUT2D eigenvalue weighted by Crippen LogP contribution is -2.09. The van der Waals surface area contributed by atoms with E-state index in [1.165, 1.54) is 0 Å². The van der Waals surface area contributed by atoms with Crippen LogP contribution in [0, 0.1) is 12.7 Å². The van der Waals surface area contributed by atoms with Crippen LogP contribution in [0.5, 0.6) is 0 Å². The van der Waals surface area contributed by atoms with E-state index in [0.29, 0.717) is 35.9 Å². The summed E-state index contributed by atoms with van der Waals surface area (Å²) in [6.07, 6.45) is 0. The van der Waals surface area contributed by atoms with Gasteiger partial charge in [0.2, 0.25) is 0 Å². The zero-order valence-electron chi connectivity index (χ0n) is 10.9. The summed E-state index contributed by atoms with van der Waals surface area (Å²) in [5, 5.41) is 8.04. The van der Waals surface area contributed by atoms with Crippen molar-refractivity contribution >= 4 is 11.6 Å². The first-order valence-corrected chi connectivity index (χ1v) is 6.45. The van der Waals surface area contributed by atoms with Gasteiger partial charge in [-0.05, 0) is 18.6 Å². The van der Waals surface area contributed by atoms with E-state index in [0.717, 1.165) is 0 Å². The van der Waals surface area contributed by atoms with Crippen molar-refractivity contribution < 1.29 is 9.13 Å². The predicted octanol–water partition coefficient (Wildman–Crippen LogP) is 2.78. The SMILES string of the molecule is COCCn1c(CCl)nnc1-c1cccc(C)c1F. The quantitative estimate of drug-likeness (QED) is 0.792. The van der Waals surface area contributed by atoms with Crippen LogP contribution in [0.4, 0.5) is 4.39 Å². The number of halogens is 2. The zero-order chi connectivity index (χ0) is 13.8. The molecular weight excluding hydrogens is 269 g/mol. The van der Waals surface area contributed by atoms with Crippen LogP contribution >= 0.6 is 11.6 Å². The van der Waals surface area contributed by atoms with Crippen molar-refractivity contribution in [1.82, 2.24) is 14.8 Å². The smallest absolute Gasteiger partial charge is 0.167 e. The number of nitrogens with zero attached hydrogens (tertiary/aromatic N) is 3. The van der Waals surface area contributed by atoms with E-state index in [9.17, 15) is 4.39 Å². The van der Waals surface area contributed by atoms with Gasteiger partial charge in [0.05, 0.1) is 18.1 Å². The second kappa shape index (κ2) is 6.12. The summed E-state index contributed by atoms with van der Waals surface area (Å²) in [5.74, 6) is 1.03. The Labute approximate surface area is 116 Å². The van der Waals surface area contributed by atoms with Gasteiger partial charge in [-0.3, -0.25) is 0 Å². The molecule has 1 aromatic heterocycles. The van der Waals surface area contributed by atoms with Crippen LogP contribution in [0.25, 0.3) is 11.4 Å². The number of rotatable bonds is 5. The van der Waals surface area contributed by atoms with E-state index in [1.54, 1.807) is 36.8 Å². The third-order valence-corrected chi connectivity index (χ3v) is 3.14. The highest BCUT2D eigenvalue weighted by molar-refractivity contribution is 6.16. The summed E-state index contributed by atoms with van der Waals surface area (Å²) >= 11 is 5.82. The molecule has 0 amide bonds. The third kappa shape index (κ3) is 2.77. The van der Waals surface area contributed by atoms with Gasteiger partial charge in [0.25, 0.3) is 0 Å². The fourth-order valence-corrected chi connectivity index (χ4v) is 2.07. The first-order chi connectivity index (χ1) is 9.19. The molecule has 2 aromatic rings. The lowest BCUT2D eigenvalue weighted by atomic mass is 10.1. The number of benzene rings is 1. The molecule has 0 saturated carbocycles. The fraction of sp³-hybridized carbons (Fsp3) is 0.385. The summed E-state index contributed by atoms with van der Waals surface area (Å²) in [6, 6.07) is 5.20. The van der Waals surface area contributed by atoms with E-state index in [-0.39, 0.29) is 11.7 Å². The lowest BCUT2D eigenvalue weighted by Gasteiger charge is -2.10. The molecule has 1 aromatic carbocycles. The molecule has 1 heterocycles. The first-order valence-electron chi connectivity index (χ1n) is 5.91. The van der Waals surface area contributed by atoms with Crippen LogP contribution < -0.4 is 0 Å². The molecule has 4 nitrogen and oxygen atoms in total. The second-order valence-corrected chi connectivity index (χ2v) is 4.42. The van der Waals surface area contributed by atoms with Crippen molar-refractivity contribution in [3.8, 4) is 11.4 Å². The van der Waals surface area contributed by atoms with Crippen molar-refractivity contribution in [1.29, 1.82) is 0 Å². The molecular formula is C13H15ClFN3O. The minimum absolute atomic E-state index is 0.226. The molecule has 19 heavy (non-hydrogen) atoms. The van der Waals surface area contributed by atoms with Gasteiger partial charge in [0.1, 0.15) is 11.6 Å². The van der Waals surface area contributed by atoms with Crippen LogP contribution in [-0.2, 0) is 17.2 Å². The number of aryl methyl sites for hydroxylation is 1. The summed E-state index contributed by atoms with van der Waals surface area (Å²) in [5.41, 5.74) is 1.01. The van der Waals surface area contributed by atoms with Crippen molar-refractivity contribution in [2.24, 2.45) is 0 Å². The highest BCUT2D eigenvalue weighted by atomic mass is 35.5. The summed E-state index contributed by atoms with van der Waals surface area (Å²) in [7, 11) is 1.61. The van der Waals surface area contributed by atoms with E-state index >= 15 is 0 Å².